The number of benzene rings is 4. The lowest BCUT2D eigenvalue weighted by Crippen LogP contribution is -2.13. The van der Waals surface area contributed by atoms with Crippen molar-refractivity contribution in [2.75, 3.05) is 0 Å². The van der Waals surface area contributed by atoms with Gasteiger partial charge in [0.15, 0.2) is 0 Å². The van der Waals surface area contributed by atoms with Crippen molar-refractivity contribution >= 4 is 0 Å². The van der Waals surface area contributed by atoms with Gasteiger partial charge >= 0.3 is 0 Å². The van der Waals surface area contributed by atoms with E-state index in [1.165, 1.54) is 22.3 Å². The number of hydrogen-bond acceptors (Lipinski definition) is 4. The summed E-state index contributed by atoms with van der Waals surface area (Å²) in [6.07, 6.45) is 3.74. The molecule has 198 valence electrons. The average molecular weight is 511 g/mol. The summed E-state index contributed by atoms with van der Waals surface area (Å²) in [7, 11) is 0. The Morgan fingerprint density at radius 1 is 0.421 bits per heavy atom. The van der Waals surface area contributed by atoms with E-state index in [4.69, 9.17) is 0 Å². The van der Waals surface area contributed by atoms with Gasteiger partial charge in [0, 0.05) is 0 Å². The molecule has 4 atom stereocenters. The van der Waals surface area contributed by atoms with E-state index in [0.717, 1.165) is 25.7 Å². The van der Waals surface area contributed by atoms with Crippen molar-refractivity contribution in [2.45, 2.75) is 63.2 Å². The smallest absolute Gasteiger partial charge is 0.115 e. The maximum Gasteiger partial charge on any atom is 0.115 e. The molecule has 38 heavy (non-hydrogen) atoms. The monoisotopic (exact) mass is 510 g/mol. The van der Waals surface area contributed by atoms with Crippen LogP contribution in [0.4, 0.5) is 0 Å². The van der Waals surface area contributed by atoms with Crippen LogP contribution in [0, 0.1) is 0 Å². The van der Waals surface area contributed by atoms with Gasteiger partial charge in [0.1, 0.15) is 23.0 Å². The Hall–Kier alpha value is -3.92. The standard InChI is InChI=1S/C34H38O4/c1-3-24(26-6-14-32(36)15-7-26)21-30(28-10-18-34(38)19-11-28)22-29(27-8-16-33(37)17-9-27)20-23(2)25-4-12-31(35)13-5-25/h4-19,23-24,29-30,35-38H,3,20-22H2,1-2H3. The second kappa shape index (κ2) is 12.6. The van der Waals surface area contributed by atoms with Gasteiger partial charge in [0.2, 0.25) is 0 Å². The number of phenolic OH excluding ortho intramolecular Hbond substituents is 4. The minimum absolute atomic E-state index is 0.232. The molecule has 0 aliphatic rings. The first-order chi connectivity index (χ1) is 18.3. The Kier molecular flexibility index (Phi) is 8.96. The average Bonchev–Trinajstić information content (AvgIpc) is 2.92. The molecule has 0 aliphatic carbocycles. The largest absolute Gasteiger partial charge is 0.508 e. The molecule has 0 aliphatic heterocycles. The Labute approximate surface area is 225 Å². The molecule has 4 aromatic rings. The third kappa shape index (κ3) is 7.10. The second-order valence-electron chi connectivity index (χ2n) is 10.5. The summed E-state index contributed by atoms with van der Waals surface area (Å²) in [5.41, 5.74) is 4.78. The molecule has 4 nitrogen and oxygen atoms in total. The Morgan fingerprint density at radius 2 is 0.711 bits per heavy atom. The molecule has 4 rings (SSSR count). The Morgan fingerprint density at radius 3 is 1.08 bits per heavy atom. The van der Waals surface area contributed by atoms with Gasteiger partial charge in [-0.1, -0.05) is 62.4 Å². The molecule has 0 fully saturated rings. The van der Waals surface area contributed by atoms with Crippen molar-refractivity contribution in [2.24, 2.45) is 0 Å². The summed E-state index contributed by atoms with van der Waals surface area (Å²) in [5.74, 6) is 2.12. The van der Waals surface area contributed by atoms with Crippen molar-refractivity contribution < 1.29 is 20.4 Å². The van der Waals surface area contributed by atoms with Crippen LogP contribution in [0.25, 0.3) is 0 Å². The Bertz CT molecular complexity index is 1260. The summed E-state index contributed by atoms with van der Waals surface area (Å²) >= 11 is 0. The molecular formula is C34H38O4. The van der Waals surface area contributed by atoms with Crippen LogP contribution in [0.3, 0.4) is 0 Å². The van der Waals surface area contributed by atoms with E-state index >= 15 is 0 Å². The molecule has 0 bridgehead atoms. The van der Waals surface area contributed by atoms with E-state index in [1.807, 2.05) is 48.5 Å². The van der Waals surface area contributed by atoms with Crippen LogP contribution in [0.2, 0.25) is 0 Å². The van der Waals surface area contributed by atoms with Crippen molar-refractivity contribution in [3.63, 3.8) is 0 Å². The van der Waals surface area contributed by atoms with Crippen LogP contribution in [0.5, 0.6) is 23.0 Å². The second-order valence-corrected chi connectivity index (χ2v) is 10.5. The predicted octanol–water partition coefficient (Wildman–Crippen LogP) is 8.54. The van der Waals surface area contributed by atoms with E-state index in [0.29, 0.717) is 5.92 Å². The topological polar surface area (TPSA) is 80.9 Å². The van der Waals surface area contributed by atoms with Gasteiger partial charge in [-0.2, -0.15) is 0 Å². The third-order valence-electron chi connectivity index (χ3n) is 7.82. The van der Waals surface area contributed by atoms with Crippen LogP contribution < -0.4 is 0 Å². The molecule has 0 saturated heterocycles. The molecule has 4 heteroatoms. The molecule has 4 aromatic carbocycles. The molecular weight excluding hydrogens is 472 g/mol. The van der Waals surface area contributed by atoms with Crippen molar-refractivity contribution in [3.8, 4) is 23.0 Å². The SMILES string of the molecule is CCC(CC(CC(CC(C)c1ccc(O)cc1)c1ccc(O)cc1)c1ccc(O)cc1)c1ccc(O)cc1. The zero-order valence-corrected chi connectivity index (χ0v) is 22.2. The third-order valence-corrected chi connectivity index (χ3v) is 7.82. The summed E-state index contributed by atoms with van der Waals surface area (Å²) in [5, 5.41) is 39.4. The van der Waals surface area contributed by atoms with Gasteiger partial charge in [-0.05, 0) is 120 Å². The molecule has 0 heterocycles. The predicted molar refractivity (Wildman–Crippen MR) is 153 cm³/mol. The maximum atomic E-state index is 9.96. The summed E-state index contributed by atoms with van der Waals surface area (Å²) in [6, 6.07) is 30.1. The van der Waals surface area contributed by atoms with Gasteiger partial charge in [-0.15, -0.1) is 0 Å². The Balaban J connectivity index is 1.66. The lowest BCUT2D eigenvalue weighted by molar-refractivity contribution is 0.426. The highest BCUT2D eigenvalue weighted by Gasteiger charge is 2.25. The van der Waals surface area contributed by atoms with Crippen LogP contribution in [0.15, 0.2) is 97.1 Å². The highest BCUT2D eigenvalue weighted by molar-refractivity contribution is 5.34. The van der Waals surface area contributed by atoms with Crippen LogP contribution in [-0.2, 0) is 0 Å². The fraction of sp³-hybridized carbons (Fsp3) is 0.294. The molecule has 4 N–H and O–H groups in total. The maximum absolute atomic E-state index is 9.96. The number of aromatic hydroxyl groups is 4. The van der Waals surface area contributed by atoms with Crippen molar-refractivity contribution in [1.29, 1.82) is 0 Å². The number of hydrogen-bond donors (Lipinski definition) is 4. The minimum Gasteiger partial charge on any atom is -0.508 e. The minimum atomic E-state index is 0.232. The van der Waals surface area contributed by atoms with E-state index in [9.17, 15) is 20.4 Å². The van der Waals surface area contributed by atoms with E-state index in [1.54, 1.807) is 48.5 Å². The molecule has 0 aromatic heterocycles. The fourth-order valence-corrected chi connectivity index (χ4v) is 5.57. The van der Waals surface area contributed by atoms with E-state index in [-0.39, 0.29) is 40.8 Å². The first kappa shape index (κ1) is 27.1. The molecule has 0 saturated carbocycles. The van der Waals surface area contributed by atoms with Gasteiger partial charge < -0.3 is 20.4 Å². The van der Waals surface area contributed by atoms with E-state index < -0.39 is 0 Å². The van der Waals surface area contributed by atoms with Gasteiger partial charge in [-0.3, -0.25) is 0 Å². The summed E-state index contributed by atoms with van der Waals surface area (Å²) < 4.78 is 0. The lowest BCUT2D eigenvalue weighted by Gasteiger charge is -2.30. The normalized spacial score (nSPS) is 14.5. The highest BCUT2D eigenvalue weighted by atomic mass is 16.3. The fourth-order valence-electron chi connectivity index (χ4n) is 5.57. The zero-order valence-electron chi connectivity index (χ0n) is 22.2. The van der Waals surface area contributed by atoms with Gasteiger partial charge in [0.25, 0.3) is 0 Å². The summed E-state index contributed by atoms with van der Waals surface area (Å²) in [4.78, 5) is 0. The number of rotatable bonds is 11. The molecule has 0 spiro atoms. The zero-order chi connectivity index (χ0) is 27.1. The quantitative estimate of drug-likeness (QED) is 0.163. The first-order valence-corrected chi connectivity index (χ1v) is 13.5. The summed E-state index contributed by atoms with van der Waals surface area (Å²) in [6.45, 7) is 4.43. The molecule has 0 amide bonds. The molecule has 4 unspecified atom stereocenters. The van der Waals surface area contributed by atoms with Crippen molar-refractivity contribution in [1.82, 2.24) is 0 Å². The van der Waals surface area contributed by atoms with Crippen LogP contribution in [0.1, 0.15) is 85.5 Å². The lowest BCUT2D eigenvalue weighted by atomic mass is 9.75. The number of phenols is 4. The van der Waals surface area contributed by atoms with Gasteiger partial charge in [0.05, 0.1) is 0 Å². The van der Waals surface area contributed by atoms with Crippen LogP contribution in [-0.4, -0.2) is 20.4 Å². The van der Waals surface area contributed by atoms with E-state index in [2.05, 4.69) is 13.8 Å². The van der Waals surface area contributed by atoms with Crippen molar-refractivity contribution in [3.05, 3.63) is 119 Å². The first-order valence-electron chi connectivity index (χ1n) is 13.5. The molecule has 0 radical (unpaired) electrons. The highest BCUT2D eigenvalue weighted by Crippen LogP contribution is 2.42. The van der Waals surface area contributed by atoms with Gasteiger partial charge in [-0.25, -0.2) is 0 Å². The van der Waals surface area contributed by atoms with Crippen LogP contribution >= 0.6 is 0 Å².